The first-order valence-electron chi connectivity index (χ1n) is 9.52. The van der Waals surface area contributed by atoms with E-state index in [0.717, 1.165) is 13.0 Å². The van der Waals surface area contributed by atoms with Crippen molar-refractivity contribution in [1.29, 1.82) is 0 Å². The minimum absolute atomic E-state index is 0.174. The zero-order chi connectivity index (χ0) is 20.5. The maximum absolute atomic E-state index is 12.7. The van der Waals surface area contributed by atoms with Crippen molar-refractivity contribution in [2.45, 2.75) is 13.3 Å². The summed E-state index contributed by atoms with van der Waals surface area (Å²) >= 11 is 0. The molecule has 1 N–H and O–H groups in total. The van der Waals surface area contributed by atoms with Gasteiger partial charge in [-0.05, 0) is 46.1 Å². The number of carbonyl (C=O) groups is 3. The fourth-order valence-electron chi connectivity index (χ4n) is 2.86. The molecule has 9 heteroatoms. The van der Waals surface area contributed by atoms with Crippen LogP contribution in [0.2, 0.25) is 0 Å². The monoisotopic (exact) mass is 391 g/mol. The minimum Gasteiger partial charge on any atom is -0.450 e. The molecule has 0 bridgehead atoms. The number of rotatable bonds is 7. The molecule has 154 valence electrons. The van der Waals surface area contributed by atoms with Gasteiger partial charge in [-0.25, -0.2) is 4.79 Å². The Morgan fingerprint density at radius 3 is 2.50 bits per heavy atom. The molecule has 3 amide bonds. The number of hydrogen-bond acceptors (Lipinski definition) is 6. The van der Waals surface area contributed by atoms with Crippen LogP contribution in [-0.2, 0) is 4.74 Å². The summed E-state index contributed by atoms with van der Waals surface area (Å²) in [4.78, 5) is 46.1. The van der Waals surface area contributed by atoms with Gasteiger partial charge < -0.3 is 24.8 Å². The largest absolute Gasteiger partial charge is 0.450 e. The van der Waals surface area contributed by atoms with Crippen molar-refractivity contribution in [2.24, 2.45) is 0 Å². The lowest BCUT2D eigenvalue weighted by Crippen LogP contribution is -2.50. The lowest BCUT2D eigenvalue weighted by molar-refractivity contribution is 0.0570. The summed E-state index contributed by atoms with van der Waals surface area (Å²) in [5.41, 5.74) is 0.638. The number of ether oxygens (including phenoxy) is 1. The number of piperazine rings is 1. The van der Waals surface area contributed by atoms with Crippen molar-refractivity contribution in [3.05, 3.63) is 29.6 Å². The van der Waals surface area contributed by atoms with Crippen molar-refractivity contribution in [3.63, 3.8) is 0 Å². The lowest BCUT2D eigenvalue weighted by atomic mass is 10.1. The van der Waals surface area contributed by atoms with Gasteiger partial charge in [0.2, 0.25) is 0 Å². The van der Waals surface area contributed by atoms with Gasteiger partial charge in [-0.15, -0.1) is 0 Å². The number of hydrogen-bond donors (Lipinski definition) is 1. The molecule has 0 saturated carbocycles. The van der Waals surface area contributed by atoms with Crippen LogP contribution in [0.4, 0.5) is 4.79 Å². The van der Waals surface area contributed by atoms with E-state index in [2.05, 4.69) is 10.3 Å². The molecular weight excluding hydrogens is 362 g/mol. The van der Waals surface area contributed by atoms with Gasteiger partial charge in [0.15, 0.2) is 0 Å². The number of pyridine rings is 1. The van der Waals surface area contributed by atoms with E-state index in [4.69, 9.17) is 4.74 Å². The van der Waals surface area contributed by atoms with Gasteiger partial charge in [0.05, 0.1) is 6.61 Å². The number of aromatic nitrogens is 1. The van der Waals surface area contributed by atoms with E-state index in [1.165, 1.54) is 12.3 Å². The Morgan fingerprint density at radius 1 is 1.18 bits per heavy atom. The van der Waals surface area contributed by atoms with Gasteiger partial charge in [-0.2, -0.15) is 0 Å². The van der Waals surface area contributed by atoms with E-state index in [1.54, 1.807) is 22.8 Å². The van der Waals surface area contributed by atoms with Crippen molar-refractivity contribution < 1.29 is 19.1 Å². The van der Waals surface area contributed by atoms with Gasteiger partial charge >= 0.3 is 6.09 Å². The molecule has 0 aromatic carbocycles. The second-order valence-corrected chi connectivity index (χ2v) is 6.82. The van der Waals surface area contributed by atoms with Crippen molar-refractivity contribution in [3.8, 4) is 0 Å². The first kappa shape index (κ1) is 21.6. The minimum atomic E-state index is -0.355. The third kappa shape index (κ3) is 6.19. The zero-order valence-corrected chi connectivity index (χ0v) is 16.8. The smallest absolute Gasteiger partial charge is 0.409 e. The summed E-state index contributed by atoms with van der Waals surface area (Å²) in [7, 11) is 3.95. The molecule has 1 aromatic rings. The summed E-state index contributed by atoms with van der Waals surface area (Å²) in [5, 5.41) is 2.82. The number of carbonyl (C=O) groups excluding carboxylic acids is 3. The molecule has 0 aliphatic carbocycles. The molecule has 28 heavy (non-hydrogen) atoms. The molecule has 1 aliphatic rings. The number of amides is 3. The summed E-state index contributed by atoms with van der Waals surface area (Å²) in [6, 6.07) is 3.12. The SMILES string of the molecule is CCOC(=O)N1CCN(C(=O)c2ccnc(C(=O)NCCCN(C)C)c2)CC1. The highest BCUT2D eigenvalue weighted by Crippen LogP contribution is 2.11. The molecular formula is C19H29N5O4. The molecule has 9 nitrogen and oxygen atoms in total. The Bertz CT molecular complexity index is 687. The molecule has 2 heterocycles. The summed E-state index contributed by atoms with van der Waals surface area (Å²) in [5.74, 6) is -0.465. The van der Waals surface area contributed by atoms with Crippen LogP contribution >= 0.6 is 0 Å². The van der Waals surface area contributed by atoms with E-state index < -0.39 is 0 Å². The lowest BCUT2D eigenvalue weighted by Gasteiger charge is -2.34. The van der Waals surface area contributed by atoms with Crippen LogP contribution in [-0.4, -0.2) is 97.6 Å². The van der Waals surface area contributed by atoms with Crippen LogP contribution in [0.3, 0.4) is 0 Å². The maximum Gasteiger partial charge on any atom is 0.409 e. The third-order valence-corrected chi connectivity index (χ3v) is 4.40. The molecule has 1 saturated heterocycles. The molecule has 0 atom stereocenters. The highest BCUT2D eigenvalue weighted by molar-refractivity contribution is 5.98. The van der Waals surface area contributed by atoms with Crippen LogP contribution in [0.15, 0.2) is 18.3 Å². The Labute approximate surface area is 165 Å². The van der Waals surface area contributed by atoms with E-state index >= 15 is 0 Å². The predicted molar refractivity (Wildman–Crippen MR) is 104 cm³/mol. The Morgan fingerprint density at radius 2 is 1.86 bits per heavy atom. The van der Waals surface area contributed by atoms with Gasteiger partial charge in [0.25, 0.3) is 11.8 Å². The van der Waals surface area contributed by atoms with E-state index in [-0.39, 0.29) is 23.6 Å². The van der Waals surface area contributed by atoms with Gasteiger partial charge in [-0.3, -0.25) is 14.6 Å². The summed E-state index contributed by atoms with van der Waals surface area (Å²) < 4.78 is 4.99. The molecule has 0 radical (unpaired) electrons. The van der Waals surface area contributed by atoms with E-state index in [0.29, 0.717) is 44.9 Å². The first-order valence-corrected chi connectivity index (χ1v) is 9.52. The van der Waals surface area contributed by atoms with Crippen LogP contribution in [0.1, 0.15) is 34.2 Å². The fourth-order valence-corrected chi connectivity index (χ4v) is 2.86. The number of nitrogens with one attached hydrogen (secondary N) is 1. The second kappa shape index (κ2) is 10.6. The molecule has 0 spiro atoms. The van der Waals surface area contributed by atoms with Crippen molar-refractivity contribution in [2.75, 3.05) is 60.0 Å². The maximum atomic E-state index is 12.7. The highest BCUT2D eigenvalue weighted by atomic mass is 16.6. The molecule has 0 unspecified atom stereocenters. The average molecular weight is 391 g/mol. The van der Waals surface area contributed by atoms with Gasteiger partial charge in [0, 0.05) is 44.5 Å². The Balaban J connectivity index is 1.90. The second-order valence-electron chi connectivity index (χ2n) is 6.82. The van der Waals surface area contributed by atoms with E-state index in [1.807, 2.05) is 19.0 Å². The Hall–Kier alpha value is -2.68. The highest BCUT2D eigenvalue weighted by Gasteiger charge is 2.26. The number of nitrogens with zero attached hydrogens (tertiary/aromatic N) is 4. The molecule has 2 rings (SSSR count). The van der Waals surface area contributed by atoms with Crippen molar-refractivity contribution in [1.82, 2.24) is 25.0 Å². The van der Waals surface area contributed by atoms with Crippen LogP contribution in [0.25, 0.3) is 0 Å². The third-order valence-electron chi connectivity index (χ3n) is 4.40. The van der Waals surface area contributed by atoms with Crippen molar-refractivity contribution >= 4 is 17.9 Å². The topological polar surface area (TPSA) is 95.1 Å². The van der Waals surface area contributed by atoms with Crippen LogP contribution in [0, 0.1) is 0 Å². The summed E-state index contributed by atoms with van der Waals surface area (Å²) in [6.45, 7) is 5.21. The molecule has 1 aromatic heterocycles. The van der Waals surface area contributed by atoms with Gasteiger partial charge in [-0.1, -0.05) is 0 Å². The zero-order valence-electron chi connectivity index (χ0n) is 16.8. The summed E-state index contributed by atoms with van der Waals surface area (Å²) in [6.07, 6.45) is 1.95. The predicted octanol–water partition coefficient (Wildman–Crippen LogP) is 0.677. The van der Waals surface area contributed by atoms with E-state index in [9.17, 15) is 14.4 Å². The average Bonchev–Trinajstić information content (AvgIpc) is 2.70. The standard InChI is InChI=1S/C19H29N5O4/c1-4-28-19(27)24-12-10-23(11-13-24)18(26)15-6-8-20-16(14-15)17(25)21-7-5-9-22(2)3/h6,8,14H,4-5,7,9-13H2,1-3H3,(H,21,25). The Kier molecular flexibility index (Phi) is 8.19. The van der Waals surface area contributed by atoms with Crippen LogP contribution < -0.4 is 5.32 Å². The van der Waals surface area contributed by atoms with Crippen LogP contribution in [0.5, 0.6) is 0 Å². The molecule has 1 aliphatic heterocycles. The first-order chi connectivity index (χ1) is 13.4. The molecule has 1 fully saturated rings. The fraction of sp³-hybridized carbons (Fsp3) is 0.579. The normalized spacial score (nSPS) is 14.1. The quantitative estimate of drug-likeness (QED) is 0.687. The van der Waals surface area contributed by atoms with Gasteiger partial charge in [0.1, 0.15) is 5.69 Å².